The summed E-state index contributed by atoms with van der Waals surface area (Å²) in [6.07, 6.45) is 62.7. The van der Waals surface area contributed by atoms with E-state index in [-0.39, 0.29) is 44.0 Å². The molecule has 366 valence electrons. The van der Waals surface area contributed by atoms with Crippen LogP contribution in [0.25, 0.3) is 0 Å². The van der Waals surface area contributed by atoms with Crippen LogP contribution < -0.4 is 0 Å². The summed E-state index contributed by atoms with van der Waals surface area (Å²) in [5, 5.41) is 0. The van der Waals surface area contributed by atoms with Crippen LogP contribution in [0.4, 0.5) is 0 Å². The van der Waals surface area contributed by atoms with Crippen LogP contribution in [0.2, 0.25) is 0 Å². The van der Waals surface area contributed by atoms with Gasteiger partial charge in [-0.25, -0.2) is 0 Å². The summed E-state index contributed by atoms with van der Waals surface area (Å²) in [6, 6.07) is 0. The monoisotopic (exact) mass is 883 g/mol. The standard InChI is InChI=1S/C57H102O6/c1-4-7-10-13-16-19-22-25-26-27-28-29-30-33-35-38-41-44-47-50-56(59)62-53-54(63-57(60)51-48-45-42-39-36-32-24-21-18-15-12-9-6-3)52-61-55(58)49-46-43-40-37-34-31-23-20-17-14-11-8-5-2/h31-32,34,36,40,42-43,45,54H,4-30,33,35,37-39,41,44,46-53H2,1-3H3/b34-31+,36-32+,43-40+,45-42+. The van der Waals surface area contributed by atoms with Crippen molar-refractivity contribution in [3.8, 4) is 0 Å². The maximum Gasteiger partial charge on any atom is 0.306 e. The molecule has 0 N–H and O–H groups in total. The van der Waals surface area contributed by atoms with Crippen LogP contribution in [-0.2, 0) is 28.6 Å². The number of rotatable bonds is 49. The third-order valence-corrected chi connectivity index (χ3v) is 11.8. The van der Waals surface area contributed by atoms with Gasteiger partial charge in [0.15, 0.2) is 6.10 Å². The molecule has 0 spiro atoms. The molecule has 0 heterocycles. The second-order valence-corrected chi connectivity index (χ2v) is 18.1. The maximum atomic E-state index is 12.7. The molecule has 0 bridgehead atoms. The molecule has 0 rings (SSSR count). The van der Waals surface area contributed by atoms with Gasteiger partial charge >= 0.3 is 17.9 Å². The van der Waals surface area contributed by atoms with E-state index < -0.39 is 6.10 Å². The molecule has 0 aromatic heterocycles. The number of hydrogen-bond donors (Lipinski definition) is 0. The van der Waals surface area contributed by atoms with Crippen molar-refractivity contribution in [1.82, 2.24) is 0 Å². The number of carbonyl (C=O) groups is 3. The van der Waals surface area contributed by atoms with Crippen molar-refractivity contribution in [3.05, 3.63) is 48.6 Å². The third-order valence-electron chi connectivity index (χ3n) is 11.8. The topological polar surface area (TPSA) is 78.9 Å². The van der Waals surface area contributed by atoms with E-state index in [1.54, 1.807) is 0 Å². The molecule has 0 amide bonds. The summed E-state index contributed by atoms with van der Waals surface area (Å²) >= 11 is 0. The van der Waals surface area contributed by atoms with E-state index in [9.17, 15) is 14.4 Å². The van der Waals surface area contributed by atoms with Gasteiger partial charge in [0.25, 0.3) is 0 Å². The van der Waals surface area contributed by atoms with E-state index in [0.717, 1.165) is 44.9 Å². The predicted octanol–water partition coefficient (Wildman–Crippen LogP) is 17.9. The fourth-order valence-electron chi connectivity index (χ4n) is 7.73. The van der Waals surface area contributed by atoms with Gasteiger partial charge in [-0.2, -0.15) is 0 Å². The van der Waals surface area contributed by atoms with Crippen molar-refractivity contribution in [2.45, 2.75) is 284 Å². The van der Waals surface area contributed by atoms with Gasteiger partial charge in [-0.1, -0.05) is 249 Å². The number of carbonyl (C=O) groups excluding carboxylic acids is 3. The zero-order valence-corrected chi connectivity index (χ0v) is 41.8. The molecule has 0 saturated carbocycles. The highest BCUT2D eigenvalue weighted by Crippen LogP contribution is 2.16. The summed E-state index contributed by atoms with van der Waals surface area (Å²) < 4.78 is 16.7. The lowest BCUT2D eigenvalue weighted by Gasteiger charge is -2.18. The van der Waals surface area contributed by atoms with Crippen molar-refractivity contribution >= 4 is 17.9 Å². The first kappa shape index (κ1) is 60.4. The lowest BCUT2D eigenvalue weighted by atomic mass is 10.0. The Labute approximate surface area is 390 Å². The summed E-state index contributed by atoms with van der Waals surface area (Å²) in [4.78, 5) is 37.9. The first-order chi connectivity index (χ1) is 31.0. The SMILES string of the molecule is CCCCCCCC/C=C/C/C=C/CCC(=O)OCC(COC(=O)CCCCCCCCCCCCCCCCCCCCC)OC(=O)CC/C=C/C/C=C/CCCCCCCC. The average Bonchev–Trinajstić information content (AvgIpc) is 3.28. The second kappa shape index (κ2) is 52.0. The second-order valence-electron chi connectivity index (χ2n) is 18.1. The lowest BCUT2D eigenvalue weighted by Crippen LogP contribution is -2.30. The Bertz CT molecular complexity index is 1110. The predicted molar refractivity (Wildman–Crippen MR) is 270 cm³/mol. The Morgan fingerprint density at radius 1 is 0.317 bits per heavy atom. The smallest absolute Gasteiger partial charge is 0.306 e. The van der Waals surface area contributed by atoms with Crippen molar-refractivity contribution < 1.29 is 28.6 Å². The van der Waals surface area contributed by atoms with Gasteiger partial charge < -0.3 is 14.2 Å². The van der Waals surface area contributed by atoms with Crippen LogP contribution in [0.1, 0.15) is 278 Å². The van der Waals surface area contributed by atoms with Gasteiger partial charge in [0.2, 0.25) is 0 Å². The molecule has 6 heteroatoms. The average molecular weight is 883 g/mol. The highest BCUT2D eigenvalue weighted by Gasteiger charge is 2.19. The van der Waals surface area contributed by atoms with Crippen LogP contribution in [0.5, 0.6) is 0 Å². The largest absolute Gasteiger partial charge is 0.462 e. The van der Waals surface area contributed by atoms with Gasteiger partial charge in [-0.05, 0) is 57.8 Å². The van der Waals surface area contributed by atoms with Crippen molar-refractivity contribution in [2.75, 3.05) is 13.2 Å². The number of unbranched alkanes of at least 4 members (excludes halogenated alkanes) is 30. The molecule has 0 aliphatic heterocycles. The van der Waals surface area contributed by atoms with Gasteiger partial charge in [0.1, 0.15) is 13.2 Å². The first-order valence-corrected chi connectivity index (χ1v) is 27.1. The Morgan fingerprint density at radius 3 is 0.968 bits per heavy atom. The van der Waals surface area contributed by atoms with Crippen molar-refractivity contribution in [1.29, 1.82) is 0 Å². The van der Waals surface area contributed by atoms with Crippen LogP contribution in [0.15, 0.2) is 48.6 Å². The number of hydrogen-bond acceptors (Lipinski definition) is 6. The lowest BCUT2D eigenvalue weighted by molar-refractivity contribution is -0.166. The summed E-state index contributed by atoms with van der Waals surface area (Å²) in [6.45, 7) is 6.54. The Balaban J connectivity index is 4.40. The number of esters is 3. The first-order valence-electron chi connectivity index (χ1n) is 27.1. The molecule has 63 heavy (non-hydrogen) atoms. The quantitative estimate of drug-likeness (QED) is 0.0262. The molecule has 0 saturated heterocycles. The third kappa shape index (κ3) is 50.2. The molecule has 0 aromatic rings. The summed E-state index contributed by atoms with van der Waals surface area (Å²) in [5.74, 6) is -1.04. The zero-order valence-electron chi connectivity index (χ0n) is 41.8. The van der Waals surface area contributed by atoms with Crippen LogP contribution >= 0.6 is 0 Å². The Kier molecular flexibility index (Phi) is 49.8. The van der Waals surface area contributed by atoms with E-state index in [4.69, 9.17) is 14.2 Å². The molecular weight excluding hydrogens is 781 g/mol. The number of allylic oxidation sites excluding steroid dienone is 8. The van der Waals surface area contributed by atoms with Crippen molar-refractivity contribution in [3.63, 3.8) is 0 Å². The summed E-state index contributed by atoms with van der Waals surface area (Å²) in [7, 11) is 0. The zero-order chi connectivity index (χ0) is 45.8. The minimum atomic E-state index is -0.822. The molecule has 0 fully saturated rings. The molecule has 1 atom stereocenters. The van der Waals surface area contributed by atoms with Gasteiger partial charge in [-0.3, -0.25) is 14.4 Å². The highest BCUT2D eigenvalue weighted by atomic mass is 16.6. The van der Waals surface area contributed by atoms with E-state index in [0.29, 0.717) is 19.3 Å². The highest BCUT2D eigenvalue weighted by molar-refractivity contribution is 5.71. The van der Waals surface area contributed by atoms with Gasteiger partial charge in [0.05, 0.1) is 0 Å². The maximum absolute atomic E-state index is 12.7. The molecule has 0 aliphatic carbocycles. The van der Waals surface area contributed by atoms with Crippen LogP contribution in [0, 0.1) is 0 Å². The fourth-order valence-corrected chi connectivity index (χ4v) is 7.73. The Hall–Kier alpha value is -2.63. The van der Waals surface area contributed by atoms with Crippen LogP contribution in [-0.4, -0.2) is 37.2 Å². The van der Waals surface area contributed by atoms with E-state index in [1.807, 2.05) is 12.2 Å². The minimum Gasteiger partial charge on any atom is -0.462 e. The normalized spacial score (nSPS) is 12.4. The van der Waals surface area contributed by atoms with E-state index in [2.05, 4.69) is 57.2 Å². The fraction of sp³-hybridized carbons (Fsp3) is 0.807. The minimum absolute atomic E-state index is 0.110. The molecular formula is C57H102O6. The molecule has 0 aromatic carbocycles. The van der Waals surface area contributed by atoms with E-state index >= 15 is 0 Å². The van der Waals surface area contributed by atoms with Crippen molar-refractivity contribution in [2.24, 2.45) is 0 Å². The molecule has 1 unspecified atom stereocenters. The molecule has 0 radical (unpaired) electrons. The van der Waals surface area contributed by atoms with Gasteiger partial charge in [0, 0.05) is 19.3 Å². The summed E-state index contributed by atoms with van der Waals surface area (Å²) in [5.41, 5.74) is 0. The molecule has 6 nitrogen and oxygen atoms in total. The van der Waals surface area contributed by atoms with Gasteiger partial charge in [-0.15, -0.1) is 0 Å². The van der Waals surface area contributed by atoms with E-state index in [1.165, 1.54) is 180 Å². The Morgan fingerprint density at radius 2 is 0.603 bits per heavy atom. The van der Waals surface area contributed by atoms with Crippen LogP contribution in [0.3, 0.4) is 0 Å². The number of ether oxygens (including phenoxy) is 3. The molecule has 0 aliphatic rings.